The lowest BCUT2D eigenvalue weighted by Gasteiger charge is -2.38. The normalized spacial score (nSPS) is 41.7. The Morgan fingerprint density at radius 2 is 2.08 bits per heavy atom. The number of aliphatic hydroxyl groups excluding tert-OH is 1. The van der Waals surface area contributed by atoms with E-state index in [0.29, 0.717) is 6.42 Å². The van der Waals surface area contributed by atoms with E-state index in [1.165, 1.54) is 5.57 Å². The fourth-order valence-electron chi connectivity index (χ4n) is 4.72. The summed E-state index contributed by atoms with van der Waals surface area (Å²) in [5.74, 6) is 0.997. The first-order chi connectivity index (χ1) is 11.3. The summed E-state index contributed by atoms with van der Waals surface area (Å²) in [7, 11) is 1.70. The summed E-state index contributed by atoms with van der Waals surface area (Å²) in [6.07, 6.45) is 2.28. The maximum absolute atomic E-state index is 12.8. The number of ketones is 1. The highest BCUT2D eigenvalue weighted by Gasteiger charge is 2.55. The van der Waals surface area contributed by atoms with Crippen molar-refractivity contribution in [2.24, 2.45) is 17.8 Å². The third-order valence-corrected chi connectivity index (χ3v) is 5.87. The van der Waals surface area contributed by atoms with Crippen molar-refractivity contribution < 1.29 is 19.4 Å². The molecule has 0 unspecified atom stereocenters. The Balaban J connectivity index is 2.10. The maximum atomic E-state index is 12.8. The Morgan fingerprint density at radius 3 is 2.71 bits per heavy atom. The molecule has 3 aliphatic rings. The van der Waals surface area contributed by atoms with Crippen molar-refractivity contribution in [3.8, 4) is 0 Å². The molecule has 2 heterocycles. The topological polar surface area (TPSA) is 55.8 Å². The van der Waals surface area contributed by atoms with Gasteiger partial charge in [0.15, 0.2) is 5.78 Å². The molecule has 2 bridgehead atoms. The third kappa shape index (κ3) is 2.76. The van der Waals surface area contributed by atoms with E-state index in [0.717, 1.165) is 29.7 Å². The van der Waals surface area contributed by atoms with Gasteiger partial charge in [0.25, 0.3) is 0 Å². The Morgan fingerprint density at radius 1 is 1.38 bits per heavy atom. The summed E-state index contributed by atoms with van der Waals surface area (Å²) in [6.45, 7) is 10.3. The second-order valence-corrected chi connectivity index (χ2v) is 7.61. The molecule has 1 saturated heterocycles. The Labute approximate surface area is 144 Å². The lowest BCUT2D eigenvalue weighted by molar-refractivity contribution is -0.140. The number of hydrogen-bond acceptors (Lipinski definition) is 4. The number of hydrogen-bond donors (Lipinski definition) is 1. The number of aliphatic hydroxyl groups is 1. The number of ether oxygens (including phenoxy) is 2. The summed E-state index contributed by atoms with van der Waals surface area (Å²) in [4.78, 5) is 12.8. The quantitative estimate of drug-likeness (QED) is 0.789. The number of allylic oxidation sites excluding steroid dienone is 2. The van der Waals surface area contributed by atoms with Crippen molar-refractivity contribution in [3.05, 3.63) is 35.1 Å². The van der Waals surface area contributed by atoms with Crippen LogP contribution in [0.4, 0.5) is 0 Å². The van der Waals surface area contributed by atoms with Crippen molar-refractivity contribution >= 4 is 5.78 Å². The fraction of sp³-hybridized carbons (Fsp3) is 0.650. The molecule has 2 aliphatic heterocycles. The molecule has 0 radical (unpaired) electrons. The van der Waals surface area contributed by atoms with Gasteiger partial charge < -0.3 is 14.6 Å². The van der Waals surface area contributed by atoms with E-state index in [2.05, 4.69) is 13.5 Å². The number of carbonyl (C=O) groups is 1. The van der Waals surface area contributed by atoms with Gasteiger partial charge in [0, 0.05) is 11.8 Å². The minimum atomic E-state index is -0.994. The van der Waals surface area contributed by atoms with Crippen molar-refractivity contribution in [1.82, 2.24) is 0 Å². The SMILES string of the molecule is C=C(C)[C@H]1CC(C)=C(OC)[C@H]2[C@@H]1[C@H]1O[C@@H]2C/C(C)=C\C[C@H](O)C1=O. The third-order valence-electron chi connectivity index (χ3n) is 5.87. The zero-order chi connectivity index (χ0) is 17.6. The number of fused-ring (bicyclic) bond motifs is 5. The van der Waals surface area contributed by atoms with Crippen LogP contribution < -0.4 is 0 Å². The van der Waals surface area contributed by atoms with Gasteiger partial charge in [-0.25, -0.2) is 0 Å². The molecule has 0 aromatic heterocycles. The lowest BCUT2D eigenvalue weighted by Crippen LogP contribution is -2.42. The second kappa shape index (κ2) is 6.49. The van der Waals surface area contributed by atoms with Gasteiger partial charge in [-0.15, -0.1) is 0 Å². The molecule has 1 aliphatic carbocycles. The van der Waals surface area contributed by atoms with Crippen LogP contribution in [-0.2, 0) is 14.3 Å². The molecule has 132 valence electrons. The predicted molar refractivity (Wildman–Crippen MR) is 92.3 cm³/mol. The van der Waals surface area contributed by atoms with Gasteiger partial charge in [0.1, 0.15) is 18.0 Å². The zero-order valence-corrected chi connectivity index (χ0v) is 15.0. The summed E-state index contributed by atoms with van der Waals surface area (Å²) >= 11 is 0. The van der Waals surface area contributed by atoms with Crippen LogP contribution in [0.3, 0.4) is 0 Å². The van der Waals surface area contributed by atoms with Crippen LogP contribution in [0.25, 0.3) is 0 Å². The predicted octanol–water partition coefficient (Wildman–Crippen LogP) is 3.17. The van der Waals surface area contributed by atoms with Gasteiger partial charge in [-0.05, 0) is 51.5 Å². The summed E-state index contributed by atoms with van der Waals surface area (Å²) in [5.41, 5.74) is 3.44. The highest BCUT2D eigenvalue weighted by Crippen LogP contribution is 2.52. The number of methoxy groups -OCH3 is 1. The van der Waals surface area contributed by atoms with E-state index in [1.807, 2.05) is 19.9 Å². The largest absolute Gasteiger partial charge is 0.501 e. The lowest BCUT2D eigenvalue weighted by atomic mass is 9.66. The van der Waals surface area contributed by atoms with E-state index < -0.39 is 12.2 Å². The number of rotatable bonds is 2. The van der Waals surface area contributed by atoms with Crippen LogP contribution in [0.2, 0.25) is 0 Å². The van der Waals surface area contributed by atoms with Crippen LogP contribution in [0.1, 0.15) is 40.0 Å². The average molecular weight is 332 g/mol. The van der Waals surface area contributed by atoms with Gasteiger partial charge in [-0.3, -0.25) is 4.79 Å². The Kier molecular flexibility index (Phi) is 4.71. The van der Waals surface area contributed by atoms with Crippen LogP contribution in [0, 0.1) is 17.8 Å². The van der Waals surface area contributed by atoms with E-state index in [9.17, 15) is 9.90 Å². The minimum Gasteiger partial charge on any atom is -0.501 e. The number of Topliss-reactive ketones (excluding diaryl/α,β-unsaturated/α-hetero) is 1. The molecule has 0 aromatic rings. The Hall–Kier alpha value is -1.39. The summed E-state index contributed by atoms with van der Waals surface area (Å²) < 4.78 is 12.0. The van der Waals surface area contributed by atoms with E-state index in [1.54, 1.807) is 7.11 Å². The minimum absolute atomic E-state index is 0.000741. The van der Waals surface area contributed by atoms with Gasteiger partial charge >= 0.3 is 0 Å². The van der Waals surface area contributed by atoms with Gasteiger partial charge in [-0.1, -0.05) is 23.8 Å². The second-order valence-electron chi connectivity index (χ2n) is 7.61. The van der Waals surface area contributed by atoms with Crippen LogP contribution in [0.15, 0.2) is 35.1 Å². The first-order valence-corrected chi connectivity index (χ1v) is 8.77. The van der Waals surface area contributed by atoms with Crippen LogP contribution >= 0.6 is 0 Å². The van der Waals surface area contributed by atoms with Crippen molar-refractivity contribution in [2.45, 2.75) is 58.3 Å². The molecule has 6 atom stereocenters. The van der Waals surface area contributed by atoms with Crippen molar-refractivity contribution in [1.29, 1.82) is 0 Å². The van der Waals surface area contributed by atoms with Crippen molar-refractivity contribution in [2.75, 3.05) is 7.11 Å². The van der Waals surface area contributed by atoms with Gasteiger partial charge in [-0.2, -0.15) is 0 Å². The molecule has 4 heteroatoms. The highest BCUT2D eigenvalue weighted by molar-refractivity contribution is 5.88. The van der Waals surface area contributed by atoms with E-state index >= 15 is 0 Å². The maximum Gasteiger partial charge on any atom is 0.190 e. The molecule has 4 nitrogen and oxygen atoms in total. The molecule has 0 aromatic carbocycles. The molecule has 1 N–H and O–H groups in total. The number of carbonyl (C=O) groups excluding carboxylic acids is 1. The fourth-order valence-corrected chi connectivity index (χ4v) is 4.72. The van der Waals surface area contributed by atoms with Gasteiger partial charge in [0.05, 0.1) is 13.2 Å². The zero-order valence-electron chi connectivity index (χ0n) is 15.0. The first-order valence-electron chi connectivity index (χ1n) is 8.77. The van der Waals surface area contributed by atoms with E-state index in [4.69, 9.17) is 9.47 Å². The standard InChI is InChI=1S/C20H28O4/c1-10(2)13-9-12(4)19(23-5)17-15-8-11(3)6-7-14(21)18(22)20(24-15)16(13)17/h6,13-17,20-21H,1,7-9H2,2-5H3/b11-6-/t13-,14+,15-,16-,17-,20-/m1/s1. The monoisotopic (exact) mass is 332 g/mol. The molecule has 3 rings (SSSR count). The molecular weight excluding hydrogens is 304 g/mol. The average Bonchev–Trinajstić information content (AvgIpc) is 2.91. The van der Waals surface area contributed by atoms with E-state index in [-0.39, 0.29) is 29.6 Å². The molecule has 24 heavy (non-hydrogen) atoms. The van der Waals surface area contributed by atoms with Crippen molar-refractivity contribution in [3.63, 3.8) is 0 Å². The molecule has 0 amide bonds. The first kappa shape index (κ1) is 17.4. The highest BCUT2D eigenvalue weighted by atomic mass is 16.5. The van der Waals surface area contributed by atoms with Crippen LogP contribution in [-0.4, -0.2) is 36.3 Å². The Bertz CT molecular complexity index is 615. The molecule has 0 spiro atoms. The summed E-state index contributed by atoms with van der Waals surface area (Å²) in [6, 6.07) is 0. The van der Waals surface area contributed by atoms with Gasteiger partial charge in [0.2, 0.25) is 0 Å². The molecule has 0 saturated carbocycles. The molecular formula is C20H28O4. The molecule has 1 fully saturated rings. The smallest absolute Gasteiger partial charge is 0.190 e. The van der Waals surface area contributed by atoms with Crippen LogP contribution in [0.5, 0.6) is 0 Å². The summed E-state index contributed by atoms with van der Waals surface area (Å²) in [5, 5.41) is 10.3.